The largest absolute Gasteiger partial charge is 0.487 e. The maximum Gasteiger partial charge on any atom is 0.226 e. The summed E-state index contributed by atoms with van der Waals surface area (Å²) < 4.78 is 11.5. The molecule has 2 aromatic carbocycles. The van der Waals surface area contributed by atoms with Crippen LogP contribution >= 0.6 is 0 Å². The van der Waals surface area contributed by atoms with Gasteiger partial charge in [-0.25, -0.2) is 4.98 Å². The van der Waals surface area contributed by atoms with Crippen molar-refractivity contribution >= 4 is 6.29 Å². The van der Waals surface area contributed by atoms with Crippen molar-refractivity contribution in [1.82, 2.24) is 4.98 Å². The van der Waals surface area contributed by atoms with Crippen molar-refractivity contribution in [2.24, 2.45) is 0 Å². The summed E-state index contributed by atoms with van der Waals surface area (Å²) in [6.07, 6.45) is 0.808. The summed E-state index contributed by atoms with van der Waals surface area (Å²) in [7, 11) is 0. The highest BCUT2D eigenvalue weighted by Gasteiger charge is 2.12. The number of benzene rings is 2. The zero-order valence-electron chi connectivity index (χ0n) is 14.7. The summed E-state index contributed by atoms with van der Waals surface area (Å²) in [5, 5.41) is 0. The number of ether oxygens (including phenoxy) is 1. The number of hydrogen-bond donors (Lipinski definition) is 0. The Bertz CT molecular complexity index is 846. The highest BCUT2D eigenvalue weighted by Crippen LogP contribution is 2.25. The molecule has 0 saturated carbocycles. The second kappa shape index (κ2) is 7.34. The third-order valence-electron chi connectivity index (χ3n) is 4.11. The molecule has 0 aliphatic rings. The molecule has 4 heteroatoms. The number of aromatic nitrogens is 1. The summed E-state index contributed by atoms with van der Waals surface area (Å²) in [5.41, 5.74) is 3.63. The maximum atomic E-state index is 10.7. The van der Waals surface area contributed by atoms with E-state index in [9.17, 15) is 4.79 Å². The molecule has 128 valence electrons. The predicted octanol–water partition coefficient (Wildman–Crippen LogP) is 5.16. The number of carbonyl (C=O) groups is 1. The van der Waals surface area contributed by atoms with Crippen LogP contribution in [0.5, 0.6) is 5.75 Å². The number of aryl methyl sites for hydroxylation is 1. The van der Waals surface area contributed by atoms with Crippen LogP contribution in [-0.4, -0.2) is 11.3 Å². The highest BCUT2D eigenvalue weighted by atomic mass is 16.5. The zero-order valence-corrected chi connectivity index (χ0v) is 14.7. The summed E-state index contributed by atoms with van der Waals surface area (Å²) in [6.45, 7) is 6.54. The van der Waals surface area contributed by atoms with Gasteiger partial charge in [-0.05, 0) is 54.8 Å². The normalized spacial score (nSPS) is 10.9. The molecule has 0 amide bonds. The van der Waals surface area contributed by atoms with Crippen molar-refractivity contribution in [2.45, 2.75) is 33.3 Å². The van der Waals surface area contributed by atoms with Gasteiger partial charge in [0, 0.05) is 11.1 Å². The summed E-state index contributed by atoms with van der Waals surface area (Å²) in [5.74, 6) is 2.53. The number of nitrogens with zero attached hydrogens (tertiary/aromatic N) is 1. The van der Waals surface area contributed by atoms with Gasteiger partial charge in [-0.3, -0.25) is 4.79 Å². The molecule has 0 spiro atoms. The zero-order chi connectivity index (χ0) is 17.8. The van der Waals surface area contributed by atoms with Gasteiger partial charge in [0.2, 0.25) is 5.89 Å². The van der Waals surface area contributed by atoms with Gasteiger partial charge in [-0.1, -0.05) is 26.0 Å². The van der Waals surface area contributed by atoms with Gasteiger partial charge in [-0.2, -0.15) is 0 Å². The number of rotatable bonds is 6. The molecule has 3 rings (SSSR count). The minimum absolute atomic E-state index is 0.319. The highest BCUT2D eigenvalue weighted by molar-refractivity contribution is 5.74. The lowest BCUT2D eigenvalue weighted by Crippen LogP contribution is -1.97. The van der Waals surface area contributed by atoms with Crippen LogP contribution in [0.25, 0.3) is 11.5 Å². The lowest BCUT2D eigenvalue weighted by atomic mass is 10.0. The van der Waals surface area contributed by atoms with Crippen LogP contribution in [0.3, 0.4) is 0 Å². The fraction of sp³-hybridized carbons (Fsp3) is 0.238. The van der Waals surface area contributed by atoms with E-state index in [0.717, 1.165) is 23.3 Å². The maximum absolute atomic E-state index is 10.7. The molecule has 3 aromatic rings. The average Bonchev–Trinajstić information content (AvgIpc) is 3.01. The molecule has 0 N–H and O–H groups in total. The Balaban J connectivity index is 1.72. The van der Waals surface area contributed by atoms with Gasteiger partial charge >= 0.3 is 0 Å². The Morgan fingerprint density at radius 1 is 1.08 bits per heavy atom. The minimum atomic E-state index is 0.319. The lowest BCUT2D eigenvalue weighted by molar-refractivity contribution is 0.112. The van der Waals surface area contributed by atoms with Gasteiger partial charge in [0.15, 0.2) is 0 Å². The quantitative estimate of drug-likeness (QED) is 0.584. The molecule has 0 unspecified atom stereocenters. The van der Waals surface area contributed by atoms with Crippen molar-refractivity contribution in [3.8, 4) is 17.2 Å². The molecule has 0 bridgehead atoms. The third kappa shape index (κ3) is 3.97. The van der Waals surface area contributed by atoms with Gasteiger partial charge < -0.3 is 9.15 Å². The van der Waals surface area contributed by atoms with Crippen LogP contribution in [0.4, 0.5) is 0 Å². The smallest absolute Gasteiger partial charge is 0.226 e. The standard InChI is InChI=1S/C21H21NO3/c1-14(2)17-6-8-18(9-7-17)21-22-20(15(3)25-21)13-24-19-10-4-16(12-23)5-11-19/h4-12,14H,13H2,1-3H3. The lowest BCUT2D eigenvalue weighted by Gasteiger charge is -2.05. The Morgan fingerprint density at radius 3 is 2.36 bits per heavy atom. The van der Waals surface area contributed by atoms with E-state index in [1.54, 1.807) is 24.3 Å². The SMILES string of the molecule is Cc1oc(-c2ccc(C(C)C)cc2)nc1COc1ccc(C=O)cc1. The Kier molecular flexibility index (Phi) is 4.98. The second-order valence-corrected chi connectivity index (χ2v) is 6.27. The van der Waals surface area contributed by atoms with Crippen molar-refractivity contribution in [1.29, 1.82) is 0 Å². The Labute approximate surface area is 147 Å². The molecule has 1 aromatic heterocycles. The van der Waals surface area contributed by atoms with E-state index in [2.05, 4.69) is 31.0 Å². The number of hydrogen-bond acceptors (Lipinski definition) is 4. The molecule has 1 heterocycles. The van der Waals surface area contributed by atoms with E-state index in [1.165, 1.54) is 5.56 Å². The number of oxazole rings is 1. The van der Waals surface area contributed by atoms with Crippen LogP contribution in [0.1, 0.15) is 47.1 Å². The number of carbonyl (C=O) groups excluding carboxylic acids is 1. The fourth-order valence-electron chi connectivity index (χ4n) is 2.49. The average molecular weight is 335 g/mol. The van der Waals surface area contributed by atoms with Gasteiger partial charge in [0.25, 0.3) is 0 Å². The molecular weight excluding hydrogens is 314 g/mol. The van der Waals surface area contributed by atoms with E-state index in [0.29, 0.717) is 29.7 Å². The summed E-state index contributed by atoms with van der Waals surface area (Å²) >= 11 is 0. The van der Waals surface area contributed by atoms with E-state index < -0.39 is 0 Å². The van der Waals surface area contributed by atoms with Gasteiger partial charge in [-0.15, -0.1) is 0 Å². The molecule has 25 heavy (non-hydrogen) atoms. The van der Waals surface area contributed by atoms with Crippen molar-refractivity contribution in [2.75, 3.05) is 0 Å². The number of aldehydes is 1. The van der Waals surface area contributed by atoms with Crippen LogP contribution in [0.15, 0.2) is 52.9 Å². The van der Waals surface area contributed by atoms with Crippen LogP contribution in [0, 0.1) is 6.92 Å². The first-order valence-corrected chi connectivity index (χ1v) is 8.31. The molecule has 0 aliphatic carbocycles. The molecule has 0 saturated heterocycles. The van der Waals surface area contributed by atoms with Gasteiger partial charge in [0.05, 0.1) is 0 Å². The van der Waals surface area contributed by atoms with Crippen LogP contribution in [0.2, 0.25) is 0 Å². The fourth-order valence-corrected chi connectivity index (χ4v) is 2.49. The van der Waals surface area contributed by atoms with E-state index in [4.69, 9.17) is 9.15 Å². The minimum Gasteiger partial charge on any atom is -0.487 e. The van der Waals surface area contributed by atoms with E-state index in [-0.39, 0.29) is 0 Å². The molecule has 0 atom stereocenters. The summed E-state index contributed by atoms with van der Waals surface area (Å²) in [6, 6.07) is 15.2. The van der Waals surface area contributed by atoms with Crippen molar-refractivity contribution < 1.29 is 13.9 Å². The van der Waals surface area contributed by atoms with Crippen LogP contribution in [-0.2, 0) is 6.61 Å². The first-order valence-electron chi connectivity index (χ1n) is 8.31. The second-order valence-electron chi connectivity index (χ2n) is 6.27. The van der Waals surface area contributed by atoms with Gasteiger partial charge in [0.1, 0.15) is 30.1 Å². The summed E-state index contributed by atoms with van der Waals surface area (Å²) in [4.78, 5) is 15.2. The topological polar surface area (TPSA) is 52.3 Å². The molecule has 4 nitrogen and oxygen atoms in total. The first kappa shape index (κ1) is 17.0. The Morgan fingerprint density at radius 2 is 1.76 bits per heavy atom. The first-order chi connectivity index (χ1) is 12.1. The molecular formula is C21H21NO3. The monoisotopic (exact) mass is 335 g/mol. The predicted molar refractivity (Wildman–Crippen MR) is 96.9 cm³/mol. The third-order valence-corrected chi connectivity index (χ3v) is 4.11. The van der Waals surface area contributed by atoms with Crippen LogP contribution < -0.4 is 4.74 Å². The van der Waals surface area contributed by atoms with Crippen molar-refractivity contribution in [3.05, 3.63) is 71.1 Å². The molecule has 0 aliphatic heterocycles. The molecule has 0 fully saturated rings. The van der Waals surface area contributed by atoms with Crippen molar-refractivity contribution in [3.63, 3.8) is 0 Å². The van der Waals surface area contributed by atoms with E-state index in [1.807, 2.05) is 19.1 Å². The van der Waals surface area contributed by atoms with E-state index >= 15 is 0 Å². The molecule has 0 radical (unpaired) electrons. The Hall–Kier alpha value is -2.88.